The van der Waals surface area contributed by atoms with Crippen molar-refractivity contribution in [2.24, 2.45) is 0 Å². The van der Waals surface area contributed by atoms with E-state index in [2.05, 4.69) is 62.7 Å². The molecule has 2 aromatic carbocycles. The average molecular weight is 645 g/mol. The molecule has 230 valence electrons. The molecular weight excluding hydrogens is 612 g/mol. The maximum Gasteiger partial charge on any atom is 0.164 e. The van der Waals surface area contributed by atoms with Gasteiger partial charge < -0.3 is 10.6 Å². The quantitative estimate of drug-likeness (QED) is 0.172. The van der Waals surface area contributed by atoms with Gasteiger partial charge in [-0.15, -0.1) is 5.10 Å². The molecule has 6 rings (SSSR count). The van der Waals surface area contributed by atoms with Crippen LogP contribution in [0.15, 0.2) is 67.1 Å². The van der Waals surface area contributed by atoms with Gasteiger partial charge in [0.05, 0.1) is 52.0 Å². The highest BCUT2D eigenvalue weighted by atomic mass is 35.5. The van der Waals surface area contributed by atoms with E-state index >= 15 is 0 Å². The third-order valence-corrected chi connectivity index (χ3v) is 8.73. The molecule has 1 saturated heterocycles. The average Bonchev–Trinajstić information content (AvgIpc) is 3.52. The lowest BCUT2D eigenvalue weighted by molar-refractivity contribution is 0.0866. The van der Waals surface area contributed by atoms with Gasteiger partial charge in [-0.2, -0.15) is 5.26 Å². The first-order valence-corrected chi connectivity index (χ1v) is 15.4. The van der Waals surface area contributed by atoms with E-state index in [0.717, 1.165) is 37.2 Å². The summed E-state index contributed by atoms with van der Waals surface area (Å²) in [5, 5.41) is 26.5. The van der Waals surface area contributed by atoms with Gasteiger partial charge in [0.1, 0.15) is 11.8 Å². The summed E-state index contributed by atoms with van der Waals surface area (Å²) in [4.78, 5) is 10.8. The van der Waals surface area contributed by atoms with Crippen molar-refractivity contribution >= 4 is 51.2 Å². The number of hydrogen-bond acceptors (Lipinski definition) is 8. The molecule has 9 nitrogen and oxygen atoms in total. The van der Waals surface area contributed by atoms with E-state index in [1.54, 1.807) is 6.07 Å². The first-order chi connectivity index (χ1) is 21.6. The standard InChI is InChI=1S/C33H32Cl2FN9/c1-33(2,3)44-11-9-24(10-12-44)45-19-28(42-43-45)30(20-7-5-4-6-8-20)40-22-13-25-29(41-23-15-27(36)32(35)39-18-23)21(16-37)17-38-31(25)26(34)14-22/h4-8,13-15,17-19,24,30,40H,9-12H2,1-3H3,(H,38,41)/t30-/m0/s1. The molecule has 0 amide bonds. The highest BCUT2D eigenvalue weighted by Crippen LogP contribution is 2.37. The highest BCUT2D eigenvalue weighted by Gasteiger charge is 2.29. The highest BCUT2D eigenvalue weighted by molar-refractivity contribution is 6.36. The summed E-state index contributed by atoms with van der Waals surface area (Å²) < 4.78 is 16.2. The Balaban J connectivity index is 1.35. The van der Waals surface area contributed by atoms with Crippen LogP contribution in [0.25, 0.3) is 10.9 Å². The summed E-state index contributed by atoms with van der Waals surface area (Å²) >= 11 is 12.5. The lowest BCUT2D eigenvalue weighted by Crippen LogP contribution is -2.46. The Morgan fingerprint density at radius 1 is 1.02 bits per heavy atom. The molecule has 1 fully saturated rings. The van der Waals surface area contributed by atoms with Crippen molar-refractivity contribution in [3.05, 3.63) is 99.9 Å². The molecule has 0 spiro atoms. The molecule has 1 aliphatic heterocycles. The number of anilines is 3. The van der Waals surface area contributed by atoms with Crippen molar-refractivity contribution in [2.75, 3.05) is 23.7 Å². The van der Waals surface area contributed by atoms with Crippen LogP contribution in [-0.4, -0.2) is 48.5 Å². The Bertz CT molecular complexity index is 1870. The molecule has 3 aromatic heterocycles. The van der Waals surface area contributed by atoms with E-state index in [9.17, 15) is 9.65 Å². The molecule has 2 N–H and O–H groups in total. The zero-order valence-corrected chi connectivity index (χ0v) is 26.6. The van der Waals surface area contributed by atoms with Gasteiger partial charge >= 0.3 is 0 Å². The minimum Gasteiger partial charge on any atom is -0.373 e. The fourth-order valence-corrected chi connectivity index (χ4v) is 6.11. The topological polar surface area (TPSA) is 108 Å². The summed E-state index contributed by atoms with van der Waals surface area (Å²) in [6.45, 7) is 8.77. The van der Waals surface area contributed by atoms with Crippen LogP contribution in [0.3, 0.4) is 0 Å². The zero-order chi connectivity index (χ0) is 31.7. The molecule has 1 atom stereocenters. The SMILES string of the molecule is CC(C)(C)N1CCC(n2cc([C@@H](Nc3cc(Cl)c4ncc(C#N)c(Nc5cnc(Cl)c(F)c5)c4c3)c3ccccc3)nn2)CC1. The Labute approximate surface area is 271 Å². The van der Waals surface area contributed by atoms with Crippen molar-refractivity contribution < 1.29 is 4.39 Å². The Hall–Kier alpha value is -4.30. The van der Waals surface area contributed by atoms with Crippen LogP contribution >= 0.6 is 23.2 Å². The molecule has 0 aliphatic carbocycles. The Kier molecular flexibility index (Phi) is 8.60. The summed E-state index contributed by atoms with van der Waals surface area (Å²) in [6, 6.07) is 16.9. The first-order valence-electron chi connectivity index (χ1n) is 14.7. The third-order valence-electron chi connectivity index (χ3n) is 8.17. The Morgan fingerprint density at radius 2 is 1.78 bits per heavy atom. The minimum atomic E-state index is -0.683. The third kappa shape index (κ3) is 6.57. The van der Waals surface area contributed by atoms with Crippen LogP contribution in [0, 0.1) is 17.1 Å². The number of aromatic nitrogens is 5. The van der Waals surface area contributed by atoms with Crippen LogP contribution in [0.1, 0.15) is 62.5 Å². The fraction of sp³-hybridized carbons (Fsp3) is 0.303. The van der Waals surface area contributed by atoms with Gasteiger partial charge in [-0.3, -0.25) is 9.88 Å². The van der Waals surface area contributed by atoms with Crippen molar-refractivity contribution in [3.8, 4) is 6.07 Å². The smallest absolute Gasteiger partial charge is 0.164 e. The molecule has 0 saturated carbocycles. The van der Waals surface area contributed by atoms with Crippen LogP contribution in [0.4, 0.5) is 21.5 Å². The van der Waals surface area contributed by atoms with Gasteiger partial charge in [0.2, 0.25) is 0 Å². The van der Waals surface area contributed by atoms with E-state index in [0.29, 0.717) is 33.0 Å². The molecule has 0 radical (unpaired) electrons. The largest absolute Gasteiger partial charge is 0.373 e. The number of nitrogens with one attached hydrogen (secondary N) is 2. The monoisotopic (exact) mass is 643 g/mol. The second kappa shape index (κ2) is 12.6. The zero-order valence-electron chi connectivity index (χ0n) is 25.1. The van der Waals surface area contributed by atoms with Gasteiger partial charge in [-0.05, 0) is 51.3 Å². The van der Waals surface area contributed by atoms with Crippen molar-refractivity contribution in [3.63, 3.8) is 0 Å². The molecular formula is C33H32Cl2FN9. The molecule has 1 aliphatic rings. The summed E-state index contributed by atoms with van der Waals surface area (Å²) in [6.07, 6.45) is 6.85. The van der Waals surface area contributed by atoms with Crippen molar-refractivity contribution in [2.45, 2.75) is 51.2 Å². The molecule has 0 unspecified atom stereocenters. The van der Waals surface area contributed by atoms with E-state index in [1.165, 1.54) is 18.5 Å². The van der Waals surface area contributed by atoms with Crippen LogP contribution < -0.4 is 10.6 Å². The fourth-order valence-electron chi connectivity index (χ4n) is 5.74. The van der Waals surface area contributed by atoms with Crippen molar-refractivity contribution in [1.29, 1.82) is 5.26 Å². The number of piperidine rings is 1. The van der Waals surface area contributed by atoms with Crippen molar-refractivity contribution in [1.82, 2.24) is 29.9 Å². The van der Waals surface area contributed by atoms with Crippen LogP contribution in [0.2, 0.25) is 10.2 Å². The van der Waals surface area contributed by atoms with Gasteiger partial charge in [0.25, 0.3) is 0 Å². The second-order valence-corrected chi connectivity index (χ2v) is 12.9. The van der Waals surface area contributed by atoms with E-state index in [1.807, 2.05) is 47.3 Å². The molecule has 4 heterocycles. The normalized spacial score (nSPS) is 15.1. The maximum atomic E-state index is 14.2. The number of halogens is 3. The van der Waals surface area contributed by atoms with Gasteiger partial charge in [0.15, 0.2) is 11.0 Å². The number of nitriles is 1. The predicted molar refractivity (Wildman–Crippen MR) is 175 cm³/mol. The molecule has 45 heavy (non-hydrogen) atoms. The van der Waals surface area contributed by atoms with E-state index in [-0.39, 0.29) is 28.3 Å². The lowest BCUT2D eigenvalue weighted by atomic mass is 9.98. The lowest BCUT2D eigenvalue weighted by Gasteiger charge is -2.40. The van der Waals surface area contributed by atoms with Gasteiger partial charge in [0, 0.05) is 42.0 Å². The van der Waals surface area contributed by atoms with Crippen LogP contribution in [-0.2, 0) is 0 Å². The van der Waals surface area contributed by atoms with E-state index in [4.69, 9.17) is 23.2 Å². The number of benzene rings is 2. The minimum absolute atomic E-state index is 0.142. The Morgan fingerprint density at radius 3 is 2.47 bits per heavy atom. The number of hydrogen-bond donors (Lipinski definition) is 2. The second-order valence-electron chi connectivity index (χ2n) is 12.1. The van der Waals surface area contributed by atoms with Crippen LogP contribution in [0.5, 0.6) is 0 Å². The summed E-state index contributed by atoms with van der Waals surface area (Å²) in [5.41, 5.74) is 4.05. The number of pyridine rings is 2. The van der Waals surface area contributed by atoms with Gasteiger partial charge in [-0.25, -0.2) is 14.1 Å². The molecule has 12 heteroatoms. The number of rotatable bonds is 7. The summed E-state index contributed by atoms with van der Waals surface area (Å²) in [5.74, 6) is -0.683. The summed E-state index contributed by atoms with van der Waals surface area (Å²) in [7, 11) is 0. The number of likely N-dealkylation sites (tertiary alicyclic amines) is 1. The maximum absolute atomic E-state index is 14.2. The number of nitrogens with zero attached hydrogens (tertiary/aromatic N) is 7. The first kappa shape index (κ1) is 30.7. The van der Waals surface area contributed by atoms with Gasteiger partial charge in [-0.1, -0.05) is 58.7 Å². The number of fused-ring (bicyclic) bond motifs is 1. The molecule has 0 bridgehead atoms. The van der Waals surface area contributed by atoms with E-state index < -0.39 is 5.82 Å². The molecule has 5 aromatic rings. The predicted octanol–water partition coefficient (Wildman–Crippen LogP) is 7.92.